The molecule has 2 saturated heterocycles. The second kappa shape index (κ2) is 10.9. The maximum atomic E-state index is 12.5. The summed E-state index contributed by atoms with van der Waals surface area (Å²) in [5.41, 5.74) is 0. The van der Waals surface area contributed by atoms with Crippen molar-refractivity contribution < 1.29 is 33.3 Å². The van der Waals surface area contributed by atoms with Crippen LogP contribution in [-0.2, 0) is 26.0 Å². The highest BCUT2D eigenvalue weighted by atomic mass is 35.5. The number of nitrogens with zero attached hydrogens (tertiary/aromatic N) is 4. The summed E-state index contributed by atoms with van der Waals surface area (Å²) < 4.78 is 24.7. The van der Waals surface area contributed by atoms with E-state index in [1.807, 2.05) is 0 Å². The Kier molecular flexibility index (Phi) is 8.23. The number of β-lactam (4-membered cyclic amide) rings is 1. The molecule has 0 bridgehead atoms. The van der Waals surface area contributed by atoms with Gasteiger partial charge in [0.05, 0.1) is 39.0 Å². The third-order valence-corrected chi connectivity index (χ3v) is 11.0. The Bertz CT molecular complexity index is 1520. The van der Waals surface area contributed by atoms with E-state index in [1.165, 1.54) is 48.3 Å². The molecule has 0 radical (unpaired) electrons. The standard InChI is InChI=1S/C12H6Cl4O2S.C10H12N4O5S/c13-5-1-7(15)11(17)9(3-5)19-10-4-6(14)2-8(16)12(10)18;1-10(5-13-3-2-11-12-13)8(9(16)17)14-6(15)4-7(14)20(10,18)19/h1-4,17-18H;2-3,7-8H,4-5H2,1H3,(H,16,17)/t;7-,8+,10+/m.1/s1. The van der Waals surface area contributed by atoms with Gasteiger partial charge in [-0.2, -0.15) is 0 Å². The summed E-state index contributed by atoms with van der Waals surface area (Å²) in [6, 6.07) is 4.51. The average Bonchev–Trinajstić information content (AvgIpc) is 3.38. The van der Waals surface area contributed by atoms with E-state index in [0.717, 1.165) is 16.7 Å². The van der Waals surface area contributed by atoms with Gasteiger partial charge in [-0.15, -0.1) is 5.10 Å². The van der Waals surface area contributed by atoms with Crippen LogP contribution in [0.2, 0.25) is 20.1 Å². The van der Waals surface area contributed by atoms with Crippen LogP contribution >= 0.6 is 58.2 Å². The second-order valence-electron chi connectivity index (χ2n) is 8.73. The van der Waals surface area contributed by atoms with Gasteiger partial charge in [0.15, 0.2) is 15.9 Å². The van der Waals surface area contributed by atoms with Crippen LogP contribution in [-0.4, -0.2) is 71.7 Å². The van der Waals surface area contributed by atoms with Gasteiger partial charge in [0.2, 0.25) is 5.91 Å². The zero-order chi connectivity index (χ0) is 28.9. The van der Waals surface area contributed by atoms with E-state index in [0.29, 0.717) is 19.8 Å². The van der Waals surface area contributed by atoms with Crippen LogP contribution in [0.3, 0.4) is 0 Å². The van der Waals surface area contributed by atoms with Crippen LogP contribution in [0.25, 0.3) is 0 Å². The van der Waals surface area contributed by atoms with Gasteiger partial charge in [0.1, 0.15) is 21.6 Å². The van der Waals surface area contributed by atoms with Gasteiger partial charge in [-0.05, 0) is 31.2 Å². The second-order valence-corrected chi connectivity index (χ2v) is 14.1. The first-order valence-corrected chi connectivity index (χ1v) is 14.7. The minimum absolute atomic E-state index is 0.119. The molecule has 3 atom stereocenters. The van der Waals surface area contributed by atoms with Crippen molar-refractivity contribution in [1.29, 1.82) is 0 Å². The molecule has 11 nitrogen and oxygen atoms in total. The van der Waals surface area contributed by atoms with Gasteiger partial charge in [-0.3, -0.25) is 9.48 Å². The van der Waals surface area contributed by atoms with Crippen molar-refractivity contribution >= 4 is 79.9 Å². The number of benzene rings is 2. The van der Waals surface area contributed by atoms with Gasteiger partial charge in [-0.25, -0.2) is 13.2 Å². The van der Waals surface area contributed by atoms with Crippen LogP contribution in [0.4, 0.5) is 0 Å². The first kappa shape index (κ1) is 29.6. The molecule has 2 aliphatic rings. The van der Waals surface area contributed by atoms with Crippen molar-refractivity contribution in [3.63, 3.8) is 0 Å². The van der Waals surface area contributed by atoms with Gasteiger partial charge in [0.25, 0.3) is 0 Å². The van der Waals surface area contributed by atoms with Crippen LogP contribution in [0.5, 0.6) is 11.5 Å². The van der Waals surface area contributed by atoms with E-state index in [9.17, 15) is 33.3 Å². The number of carbonyl (C=O) groups excluding carboxylic acids is 1. The van der Waals surface area contributed by atoms with Crippen molar-refractivity contribution in [3.05, 3.63) is 56.7 Å². The molecule has 17 heteroatoms. The predicted octanol–water partition coefficient (Wildman–Crippen LogP) is 4.34. The largest absolute Gasteiger partial charge is 0.505 e. The normalized spacial score (nSPS) is 23.0. The van der Waals surface area contributed by atoms with Crippen molar-refractivity contribution in [2.24, 2.45) is 0 Å². The van der Waals surface area contributed by atoms with Crippen molar-refractivity contribution in [2.45, 2.75) is 45.8 Å². The molecule has 1 aromatic heterocycles. The molecule has 0 aliphatic carbocycles. The molecule has 3 aromatic rings. The number of hydrogen-bond acceptors (Lipinski definition) is 9. The number of carbonyl (C=O) groups is 2. The minimum atomic E-state index is -3.80. The van der Waals surface area contributed by atoms with Crippen LogP contribution in [0.15, 0.2) is 46.5 Å². The number of sulfone groups is 1. The van der Waals surface area contributed by atoms with Crippen molar-refractivity contribution in [2.75, 3.05) is 0 Å². The summed E-state index contributed by atoms with van der Waals surface area (Å²) in [5, 5.41) is 36.3. The van der Waals surface area contributed by atoms with E-state index in [2.05, 4.69) is 10.3 Å². The SMILES string of the molecule is C[C@]1(Cn2ccnn2)[C@H](C(=O)O)N2C(=O)C[C@H]2S1(=O)=O.Oc1c(Cl)cc(Cl)cc1Sc1cc(Cl)cc(Cl)c1O. The number of phenols is 2. The Morgan fingerprint density at radius 2 is 1.62 bits per heavy atom. The summed E-state index contributed by atoms with van der Waals surface area (Å²) in [4.78, 5) is 24.8. The molecule has 208 valence electrons. The quantitative estimate of drug-likeness (QED) is 0.337. The van der Waals surface area contributed by atoms with Crippen LogP contribution < -0.4 is 0 Å². The zero-order valence-corrected chi connectivity index (χ0v) is 24.3. The smallest absolute Gasteiger partial charge is 0.328 e. The molecule has 3 heterocycles. The number of aliphatic carboxylic acids is 1. The maximum Gasteiger partial charge on any atom is 0.328 e. The topological polar surface area (TPSA) is 163 Å². The van der Waals surface area contributed by atoms with Crippen molar-refractivity contribution in [3.8, 4) is 11.5 Å². The Morgan fingerprint density at radius 1 is 1.08 bits per heavy atom. The number of carboxylic acid groups (broad SMARTS) is 1. The number of aromatic hydroxyl groups is 2. The van der Waals surface area contributed by atoms with Crippen LogP contribution in [0, 0.1) is 0 Å². The van der Waals surface area contributed by atoms with Crippen LogP contribution in [0.1, 0.15) is 13.3 Å². The minimum Gasteiger partial charge on any atom is -0.505 e. The van der Waals surface area contributed by atoms with Gasteiger partial charge in [-0.1, -0.05) is 63.4 Å². The van der Waals surface area contributed by atoms with Gasteiger partial charge < -0.3 is 20.2 Å². The fourth-order valence-electron chi connectivity index (χ4n) is 4.29. The maximum absolute atomic E-state index is 12.5. The first-order chi connectivity index (χ1) is 18.2. The fraction of sp³-hybridized carbons (Fsp3) is 0.273. The third-order valence-electron chi connectivity index (χ3n) is 6.20. The number of phenolic OH excluding ortho intramolecular Hbond substituents is 2. The molecule has 2 aromatic carbocycles. The molecule has 5 rings (SSSR count). The molecular weight excluding hydrogens is 638 g/mol. The summed E-state index contributed by atoms with van der Waals surface area (Å²) in [7, 11) is -3.80. The molecular formula is C22H18Cl4N4O7S2. The molecule has 3 N–H and O–H groups in total. The van der Waals surface area contributed by atoms with E-state index >= 15 is 0 Å². The lowest BCUT2D eigenvalue weighted by atomic mass is 9.96. The van der Waals surface area contributed by atoms with E-state index < -0.39 is 37.9 Å². The fourth-order valence-corrected chi connectivity index (χ4v) is 8.90. The summed E-state index contributed by atoms with van der Waals surface area (Å²) in [5.74, 6) is -2.02. The monoisotopic (exact) mass is 654 g/mol. The number of amides is 1. The Labute approximate surface area is 246 Å². The lowest BCUT2D eigenvalue weighted by molar-refractivity contribution is -0.157. The Hall–Kier alpha value is -2.42. The van der Waals surface area contributed by atoms with E-state index in [1.54, 1.807) is 0 Å². The molecule has 39 heavy (non-hydrogen) atoms. The molecule has 0 saturated carbocycles. The lowest BCUT2D eigenvalue weighted by Crippen LogP contribution is -2.58. The number of carboxylic acids is 1. The molecule has 0 unspecified atom stereocenters. The summed E-state index contributed by atoms with van der Waals surface area (Å²) in [6.45, 7) is 1.18. The first-order valence-electron chi connectivity index (χ1n) is 10.8. The third kappa shape index (κ3) is 5.35. The molecule has 1 amide bonds. The van der Waals surface area contributed by atoms with E-state index in [4.69, 9.17) is 46.4 Å². The highest BCUT2D eigenvalue weighted by molar-refractivity contribution is 7.99. The Balaban J connectivity index is 0.000000181. The zero-order valence-electron chi connectivity index (χ0n) is 19.6. The number of hydrogen-bond donors (Lipinski definition) is 3. The predicted molar refractivity (Wildman–Crippen MR) is 144 cm³/mol. The van der Waals surface area contributed by atoms with Crippen molar-refractivity contribution in [1.82, 2.24) is 19.9 Å². The summed E-state index contributed by atoms with van der Waals surface area (Å²) in [6.07, 6.45) is 2.68. The highest BCUT2D eigenvalue weighted by Gasteiger charge is 2.70. The number of fused-ring (bicyclic) bond motifs is 1. The Morgan fingerprint density at radius 3 is 2.05 bits per heavy atom. The summed E-state index contributed by atoms with van der Waals surface area (Å²) >= 11 is 24.4. The number of aromatic nitrogens is 3. The molecule has 0 spiro atoms. The lowest BCUT2D eigenvalue weighted by Gasteiger charge is -2.35. The molecule has 2 aliphatic heterocycles. The van der Waals surface area contributed by atoms with E-state index in [-0.39, 0.29) is 34.5 Å². The van der Waals surface area contributed by atoms with Gasteiger partial charge in [0, 0.05) is 16.2 Å². The average molecular weight is 656 g/mol. The highest BCUT2D eigenvalue weighted by Crippen LogP contribution is 2.47. The number of halogens is 4. The number of rotatable bonds is 5. The molecule has 2 fully saturated rings. The van der Waals surface area contributed by atoms with Gasteiger partial charge >= 0.3 is 5.97 Å².